The Balaban J connectivity index is 0.000000861. The molecule has 0 unspecified atom stereocenters. The first-order chi connectivity index (χ1) is 9.11. The van der Waals surface area contributed by atoms with Gasteiger partial charge in [-0.2, -0.15) is 5.10 Å². The molecule has 5 nitrogen and oxygen atoms in total. The predicted octanol–water partition coefficient (Wildman–Crippen LogP) is 1.41. The number of amides is 1. The Hall–Kier alpha value is -1.36. The van der Waals surface area contributed by atoms with Crippen molar-refractivity contribution in [3.63, 3.8) is 0 Å². The molecule has 2 rings (SSSR count). The zero-order valence-electron chi connectivity index (χ0n) is 12.4. The monoisotopic (exact) mass is 267 g/mol. The third-order valence-electron chi connectivity index (χ3n) is 3.12. The van der Waals surface area contributed by atoms with Gasteiger partial charge in [-0.3, -0.25) is 9.48 Å². The van der Waals surface area contributed by atoms with Crippen molar-refractivity contribution in [2.24, 2.45) is 0 Å². The number of nitrogens with zero attached hydrogens (tertiary/aromatic N) is 3. The van der Waals surface area contributed by atoms with Gasteiger partial charge in [0.25, 0.3) is 0 Å². The lowest BCUT2D eigenvalue weighted by Gasteiger charge is -2.18. The normalized spacial score (nSPS) is 14.8. The molecule has 108 valence electrons. The third-order valence-corrected chi connectivity index (χ3v) is 3.12. The van der Waals surface area contributed by atoms with Gasteiger partial charge < -0.3 is 10.0 Å². The number of hydrogen-bond acceptors (Lipinski definition) is 3. The van der Waals surface area contributed by atoms with Gasteiger partial charge >= 0.3 is 0 Å². The smallest absolute Gasteiger partial charge is 0.244 e. The number of rotatable bonds is 3. The molecule has 0 radical (unpaired) electrons. The van der Waals surface area contributed by atoms with E-state index in [1.165, 1.54) is 0 Å². The Kier molecular flexibility index (Phi) is 6.02. The number of β-amino-alcohol motifs (C(OH)–C–C–N with tert-alkyl or cyclic N) is 1. The van der Waals surface area contributed by atoms with Gasteiger partial charge in [0.1, 0.15) is 6.54 Å². The zero-order valence-corrected chi connectivity index (χ0v) is 12.4. The Morgan fingerprint density at radius 2 is 2.11 bits per heavy atom. The van der Waals surface area contributed by atoms with Crippen LogP contribution in [0.3, 0.4) is 0 Å². The first kappa shape index (κ1) is 15.7. The summed E-state index contributed by atoms with van der Waals surface area (Å²) in [7, 11) is 0. The van der Waals surface area contributed by atoms with Gasteiger partial charge in [0.15, 0.2) is 0 Å². The maximum Gasteiger partial charge on any atom is 0.244 e. The lowest BCUT2D eigenvalue weighted by atomic mass is 10.1. The molecule has 2 heterocycles. The Bertz CT molecular complexity index is 413. The first-order valence-corrected chi connectivity index (χ1v) is 7.07. The summed E-state index contributed by atoms with van der Waals surface area (Å²) in [6, 6.07) is 2.08. The molecule has 0 fully saturated rings. The fourth-order valence-electron chi connectivity index (χ4n) is 2.06. The van der Waals surface area contributed by atoms with Gasteiger partial charge in [0.05, 0.1) is 12.3 Å². The standard InChI is InChI=1S/C12H19N3O2.C2H6/c1-9(2)11-7-10-3-4-14(5-6-16)12(17)8-15(10)13-11;1-2/h7,9,16H,3-6,8H2,1-2H3;1-2H3. The SMILES string of the molecule is CC.CC(C)c1cc2n(n1)CC(=O)N(CCO)CC2. The van der Waals surface area contributed by atoms with Crippen molar-refractivity contribution in [2.45, 2.75) is 46.6 Å². The number of fused-ring (bicyclic) bond motifs is 1. The lowest BCUT2D eigenvalue weighted by molar-refractivity contribution is -0.132. The average Bonchev–Trinajstić information content (AvgIpc) is 2.74. The number of carbonyl (C=O) groups is 1. The Labute approximate surface area is 115 Å². The molecule has 1 N–H and O–H groups in total. The predicted molar refractivity (Wildman–Crippen MR) is 75.0 cm³/mol. The summed E-state index contributed by atoms with van der Waals surface area (Å²) in [5, 5.41) is 13.4. The number of hydrogen-bond donors (Lipinski definition) is 1. The Morgan fingerprint density at radius 1 is 1.42 bits per heavy atom. The van der Waals surface area contributed by atoms with Gasteiger partial charge in [0, 0.05) is 25.2 Å². The second kappa shape index (κ2) is 7.28. The van der Waals surface area contributed by atoms with Crippen molar-refractivity contribution in [2.75, 3.05) is 19.7 Å². The van der Waals surface area contributed by atoms with E-state index in [0.717, 1.165) is 17.8 Å². The van der Waals surface area contributed by atoms with Crippen molar-refractivity contribution < 1.29 is 9.90 Å². The molecular formula is C14H25N3O2. The fraction of sp³-hybridized carbons (Fsp3) is 0.714. The molecule has 0 bridgehead atoms. The van der Waals surface area contributed by atoms with Gasteiger partial charge in [-0.1, -0.05) is 27.7 Å². The largest absolute Gasteiger partial charge is 0.395 e. The van der Waals surface area contributed by atoms with E-state index in [0.29, 0.717) is 25.6 Å². The highest BCUT2D eigenvalue weighted by Crippen LogP contribution is 2.17. The van der Waals surface area contributed by atoms with Crippen LogP contribution < -0.4 is 0 Å². The molecule has 0 atom stereocenters. The van der Waals surface area contributed by atoms with E-state index in [-0.39, 0.29) is 12.5 Å². The second-order valence-electron chi connectivity index (χ2n) is 4.73. The average molecular weight is 267 g/mol. The molecule has 1 amide bonds. The van der Waals surface area contributed by atoms with E-state index in [2.05, 4.69) is 25.0 Å². The van der Waals surface area contributed by atoms with E-state index in [9.17, 15) is 4.79 Å². The molecule has 1 aromatic heterocycles. The second-order valence-corrected chi connectivity index (χ2v) is 4.73. The molecular weight excluding hydrogens is 242 g/mol. The summed E-state index contributed by atoms with van der Waals surface area (Å²) in [5.41, 5.74) is 2.16. The van der Waals surface area contributed by atoms with Gasteiger partial charge in [-0.25, -0.2) is 0 Å². The topological polar surface area (TPSA) is 58.4 Å². The third kappa shape index (κ3) is 3.80. The molecule has 0 saturated heterocycles. The highest BCUT2D eigenvalue weighted by Gasteiger charge is 2.21. The van der Waals surface area contributed by atoms with Crippen molar-refractivity contribution >= 4 is 5.91 Å². The van der Waals surface area contributed by atoms with Crippen LogP contribution in [-0.2, 0) is 17.8 Å². The van der Waals surface area contributed by atoms with Crippen LogP contribution in [0.25, 0.3) is 0 Å². The number of carbonyl (C=O) groups excluding carboxylic acids is 1. The van der Waals surface area contributed by atoms with Crippen LogP contribution >= 0.6 is 0 Å². The minimum atomic E-state index is 0.0191. The van der Waals surface area contributed by atoms with Crippen LogP contribution in [0.15, 0.2) is 6.07 Å². The van der Waals surface area contributed by atoms with Crippen molar-refractivity contribution in [1.29, 1.82) is 0 Å². The minimum absolute atomic E-state index is 0.0191. The fourth-order valence-corrected chi connectivity index (χ4v) is 2.06. The maximum atomic E-state index is 11.9. The van der Waals surface area contributed by atoms with Crippen LogP contribution in [0.5, 0.6) is 0 Å². The molecule has 1 aliphatic heterocycles. The van der Waals surface area contributed by atoms with Gasteiger partial charge in [-0.15, -0.1) is 0 Å². The molecule has 0 aromatic carbocycles. The quantitative estimate of drug-likeness (QED) is 0.901. The molecule has 1 aliphatic rings. The van der Waals surface area contributed by atoms with Crippen molar-refractivity contribution in [1.82, 2.24) is 14.7 Å². The van der Waals surface area contributed by atoms with Crippen LogP contribution in [0, 0.1) is 0 Å². The van der Waals surface area contributed by atoms with Gasteiger partial charge in [-0.05, 0) is 12.0 Å². The maximum absolute atomic E-state index is 11.9. The molecule has 5 heteroatoms. The minimum Gasteiger partial charge on any atom is -0.395 e. The Morgan fingerprint density at radius 3 is 2.68 bits per heavy atom. The summed E-state index contributed by atoms with van der Waals surface area (Å²) in [6.45, 7) is 9.60. The molecule has 1 aromatic rings. The summed E-state index contributed by atoms with van der Waals surface area (Å²) in [5.74, 6) is 0.425. The van der Waals surface area contributed by atoms with E-state index >= 15 is 0 Å². The molecule has 19 heavy (non-hydrogen) atoms. The highest BCUT2D eigenvalue weighted by atomic mass is 16.3. The van der Waals surface area contributed by atoms with Crippen molar-refractivity contribution in [3.05, 3.63) is 17.5 Å². The number of aliphatic hydroxyl groups is 1. The van der Waals surface area contributed by atoms with E-state index < -0.39 is 0 Å². The molecule has 0 aliphatic carbocycles. The van der Waals surface area contributed by atoms with Crippen LogP contribution in [0.4, 0.5) is 0 Å². The van der Waals surface area contributed by atoms with Crippen LogP contribution in [0.1, 0.15) is 45.0 Å². The first-order valence-electron chi connectivity index (χ1n) is 7.07. The summed E-state index contributed by atoms with van der Waals surface area (Å²) in [4.78, 5) is 13.6. The highest BCUT2D eigenvalue weighted by molar-refractivity contribution is 5.76. The molecule has 0 saturated carbocycles. The lowest BCUT2D eigenvalue weighted by Crippen LogP contribution is -2.35. The summed E-state index contributed by atoms with van der Waals surface area (Å²) >= 11 is 0. The van der Waals surface area contributed by atoms with E-state index in [4.69, 9.17) is 5.11 Å². The molecule has 0 spiro atoms. The van der Waals surface area contributed by atoms with Gasteiger partial charge in [0.2, 0.25) is 5.91 Å². The number of aromatic nitrogens is 2. The van der Waals surface area contributed by atoms with E-state index in [1.54, 1.807) is 9.58 Å². The number of aliphatic hydroxyl groups excluding tert-OH is 1. The van der Waals surface area contributed by atoms with Crippen LogP contribution in [0.2, 0.25) is 0 Å². The summed E-state index contributed by atoms with van der Waals surface area (Å²) in [6.07, 6.45) is 0.811. The van der Waals surface area contributed by atoms with Crippen molar-refractivity contribution in [3.8, 4) is 0 Å². The van der Waals surface area contributed by atoms with E-state index in [1.807, 2.05) is 13.8 Å². The zero-order chi connectivity index (χ0) is 14.4. The van der Waals surface area contributed by atoms with Crippen LogP contribution in [-0.4, -0.2) is 45.4 Å². The summed E-state index contributed by atoms with van der Waals surface area (Å²) < 4.78 is 1.80.